The average Bonchev–Trinajstić information content (AvgIpc) is 3.15. The van der Waals surface area contributed by atoms with Crippen molar-refractivity contribution in [3.63, 3.8) is 0 Å². The number of piperazine rings is 3. The third kappa shape index (κ3) is 14.9. The summed E-state index contributed by atoms with van der Waals surface area (Å²) in [6, 6.07) is 20.6. The summed E-state index contributed by atoms with van der Waals surface area (Å²) >= 11 is 0. The van der Waals surface area contributed by atoms with E-state index in [1.165, 1.54) is 5.56 Å². The smallest absolute Gasteiger partial charge is 0.410 e. The molecule has 0 saturated carbocycles. The van der Waals surface area contributed by atoms with E-state index in [9.17, 15) is 19.2 Å². The lowest BCUT2D eigenvalue weighted by Gasteiger charge is -2.45. The van der Waals surface area contributed by atoms with Gasteiger partial charge in [-0.1, -0.05) is 81.4 Å². The van der Waals surface area contributed by atoms with Crippen LogP contribution < -0.4 is 10.6 Å². The molecule has 5 rings (SSSR count). The van der Waals surface area contributed by atoms with E-state index in [0.29, 0.717) is 25.0 Å². The summed E-state index contributed by atoms with van der Waals surface area (Å²) in [5.41, 5.74) is 1.51. The van der Waals surface area contributed by atoms with Crippen LogP contribution in [0.25, 0.3) is 0 Å². The molecule has 0 aromatic heterocycles. The van der Waals surface area contributed by atoms with Gasteiger partial charge in [0.25, 0.3) is 0 Å². The van der Waals surface area contributed by atoms with Gasteiger partial charge in [-0.2, -0.15) is 0 Å². The molecule has 2 aromatic carbocycles. The Balaban J connectivity index is 0.000000234. The number of hydrogen-bond donors (Lipinski definition) is 2. The van der Waals surface area contributed by atoms with Crippen LogP contribution in [0.3, 0.4) is 0 Å². The van der Waals surface area contributed by atoms with Gasteiger partial charge in [-0.3, -0.25) is 14.5 Å². The van der Waals surface area contributed by atoms with Crippen LogP contribution in [0.15, 0.2) is 60.7 Å². The van der Waals surface area contributed by atoms with Gasteiger partial charge in [0.05, 0.1) is 0 Å². The largest absolute Gasteiger partial charge is 0.444 e. The van der Waals surface area contributed by atoms with E-state index in [0.717, 1.165) is 51.1 Å². The SMILES string of the molecule is CC[C@@H]1NC(=O)[C@@H](C)N(Cc2ccccc2)C1=O.CC[C@H]1CN(Cc2ccccc2)[C@H](C)CN1C(=O)OC(C)(C)C.CC[C@H]1CN[C@H](C)CN1C(=O)OC(C)(C)C. The zero-order valence-corrected chi connectivity index (χ0v) is 36.8. The first-order valence-corrected chi connectivity index (χ1v) is 20.9. The van der Waals surface area contributed by atoms with E-state index in [-0.39, 0.29) is 42.1 Å². The maximum atomic E-state index is 12.5. The van der Waals surface area contributed by atoms with Crippen molar-refractivity contribution >= 4 is 24.0 Å². The Labute approximate surface area is 343 Å². The number of nitrogens with zero attached hydrogens (tertiary/aromatic N) is 4. The van der Waals surface area contributed by atoms with Crippen LogP contribution in [0.4, 0.5) is 9.59 Å². The van der Waals surface area contributed by atoms with Gasteiger partial charge in [0.15, 0.2) is 0 Å². The molecule has 2 N–H and O–H groups in total. The summed E-state index contributed by atoms with van der Waals surface area (Å²) in [5.74, 6) is -0.0640. The topological polar surface area (TPSA) is 124 Å². The van der Waals surface area contributed by atoms with Crippen molar-refractivity contribution < 1.29 is 28.7 Å². The highest BCUT2D eigenvalue weighted by molar-refractivity contribution is 5.96. The Morgan fingerprint density at radius 2 is 1.18 bits per heavy atom. The molecule has 6 atom stereocenters. The highest BCUT2D eigenvalue weighted by Crippen LogP contribution is 2.23. The number of ether oxygens (including phenoxy) is 2. The second kappa shape index (κ2) is 21.6. The summed E-state index contributed by atoms with van der Waals surface area (Å²) in [6.07, 6.45) is 2.15. The summed E-state index contributed by atoms with van der Waals surface area (Å²) in [6.45, 7) is 28.3. The van der Waals surface area contributed by atoms with Crippen LogP contribution in [-0.2, 0) is 32.2 Å². The van der Waals surface area contributed by atoms with E-state index in [4.69, 9.17) is 9.47 Å². The van der Waals surface area contributed by atoms with Gasteiger partial charge >= 0.3 is 12.2 Å². The van der Waals surface area contributed by atoms with Gasteiger partial charge in [-0.15, -0.1) is 0 Å². The van der Waals surface area contributed by atoms with E-state index in [1.807, 2.05) is 94.7 Å². The first-order chi connectivity index (χ1) is 26.8. The molecule has 2 aromatic rings. The molecule has 4 amide bonds. The van der Waals surface area contributed by atoms with Crippen LogP contribution in [0.1, 0.15) is 113 Å². The average molecular weight is 793 g/mol. The Morgan fingerprint density at radius 1 is 0.684 bits per heavy atom. The summed E-state index contributed by atoms with van der Waals surface area (Å²) in [5, 5.41) is 6.13. The van der Waals surface area contributed by atoms with Crippen LogP contribution in [-0.4, -0.2) is 117 Å². The van der Waals surface area contributed by atoms with Crippen LogP contribution in [0.2, 0.25) is 0 Å². The van der Waals surface area contributed by atoms with Crippen molar-refractivity contribution in [2.24, 2.45) is 0 Å². The molecule has 0 spiro atoms. The number of hydrogen-bond acceptors (Lipinski definition) is 8. The van der Waals surface area contributed by atoms with E-state index in [2.05, 4.69) is 67.5 Å². The van der Waals surface area contributed by atoms with Crippen LogP contribution >= 0.6 is 0 Å². The molecule has 0 unspecified atom stereocenters. The van der Waals surface area contributed by atoms with Gasteiger partial charge in [-0.05, 0) is 92.7 Å². The summed E-state index contributed by atoms with van der Waals surface area (Å²) in [4.78, 5) is 56.4. The molecule has 3 aliphatic heterocycles. The predicted octanol–water partition coefficient (Wildman–Crippen LogP) is 7.21. The minimum Gasteiger partial charge on any atom is -0.444 e. The highest BCUT2D eigenvalue weighted by atomic mass is 16.6. The van der Waals surface area contributed by atoms with Crippen molar-refractivity contribution in [2.45, 2.75) is 163 Å². The third-order valence-corrected chi connectivity index (χ3v) is 10.4. The quantitative estimate of drug-likeness (QED) is 0.302. The molecule has 0 bridgehead atoms. The fourth-order valence-electron chi connectivity index (χ4n) is 7.05. The van der Waals surface area contributed by atoms with Gasteiger partial charge < -0.3 is 34.8 Å². The molecule has 3 saturated heterocycles. The molecular weight excluding hydrogens is 721 g/mol. The van der Waals surface area contributed by atoms with Gasteiger partial charge in [0.2, 0.25) is 11.8 Å². The third-order valence-electron chi connectivity index (χ3n) is 10.4. The summed E-state index contributed by atoms with van der Waals surface area (Å²) < 4.78 is 11.0. The Kier molecular flexibility index (Phi) is 17.9. The fraction of sp³-hybridized carbons (Fsp3) is 0.644. The minimum atomic E-state index is -0.445. The zero-order valence-electron chi connectivity index (χ0n) is 36.8. The van der Waals surface area contributed by atoms with Crippen molar-refractivity contribution in [1.29, 1.82) is 0 Å². The normalized spacial score (nSPS) is 24.3. The number of carbonyl (C=O) groups is 4. The lowest BCUT2D eigenvalue weighted by Crippen LogP contribution is -2.61. The zero-order chi connectivity index (χ0) is 42.5. The van der Waals surface area contributed by atoms with Crippen LogP contribution in [0, 0.1) is 0 Å². The summed E-state index contributed by atoms with van der Waals surface area (Å²) in [7, 11) is 0. The monoisotopic (exact) mass is 793 g/mol. The van der Waals surface area contributed by atoms with E-state index < -0.39 is 17.2 Å². The number of rotatable bonds is 7. The lowest BCUT2D eigenvalue weighted by atomic mass is 10.0. The Bertz CT molecular complexity index is 1560. The van der Waals surface area contributed by atoms with E-state index >= 15 is 0 Å². The minimum absolute atomic E-state index is 0.00783. The number of amides is 4. The maximum absolute atomic E-state index is 12.5. The van der Waals surface area contributed by atoms with E-state index in [1.54, 1.807) is 11.8 Å². The van der Waals surface area contributed by atoms with Crippen molar-refractivity contribution in [3.8, 4) is 0 Å². The highest BCUT2D eigenvalue weighted by Gasteiger charge is 2.38. The molecule has 57 heavy (non-hydrogen) atoms. The number of benzene rings is 2. The van der Waals surface area contributed by atoms with Crippen molar-refractivity contribution in [2.75, 3.05) is 26.2 Å². The van der Waals surface area contributed by atoms with Crippen LogP contribution in [0.5, 0.6) is 0 Å². The maximum Gasteiger partial charge on any atom is 0.410 e. The molecule has 3 heterocycles. The van der Waals surface area contributed by atoms with Gasteiger partial charge in [-0.25, -0.2) is 9.59 Å². The lowest BCUT2D eigenvalue weighted by molar-refractivity contribution is -0.149. The predicted molar refractivity (Wildman–Crippen MR) is 226 cm³/mol. The molecule has 3 fully saturated rings. The second-order valence-corrected chi connectivity index (χ2v) is 17.6. The van der Waals surface area contributed by atoms with Crippen molar-refractivity contribution in [3.05, 3.63) is 71.8 Å². The standard InChI is InChI=1S/C19H30N2O2.C14H18N2O2.C12H24N2O2/c1-6-17-14-20(13-16-10-8-7-9-11-16)15(2)12-21(17)18(22)23-19(3,4)5;1-3-12-14(18)16(10(2)13(17)15-12)9-11-7-5-4-6-8-11;1-6-10-7-13-9(2)8-14(10)11(15)16-12(3,4)5/h7-11,15,17H,6,12-14H2,1-5H3;4-8,10,12H,3,9H2,1-2H3,(H,15,17);9-10,13H,6-8H2,1-5H3/t15-,17+;10-,12+;9-,10+/m111/s1. The fourth-order valence-corrected chi connectivity index (χ4v) is 7.05. The second-order valence-electron chi connectivity index (χ2n) is 17.6. The van der Waals surface area contributed by atoms with Gasteiger partial charge in [0, 0.05) is 63.4 Å². The first kappa shape index (κ1) is 47.2. The molecule has 12 heteroatoms. The molecule has 318 valence electrons. The van der Waals surface area contributed by atoms with Gasteiger partial charge in [0.1, 0.15) is 23.3 Å². The molecule has 12 nitrogen and oxygen atoms in total. The molecule has 3 aliphatic rings. The Hall–Kier alpha value is -4.16. The number of nitrogens with one attached hydrogen (secondary N) is 2. The number of carbonyl (C=O) groups excluding carboxylic acids is 4. The first-order valence-electron chi connectivity index (χ1n) is 20.9. The molecular formula is C45H72N6O6. The molecule has 0 radical (unpaired) electrons. The Morgan fingerprint density at radius 3 is 1.65 bits per heavy atom. The molecule has 0 aliphatic carbocycles. The van der Waals surface area contributed by atoms with Crippen molar-refractivity contribution in [1.82, 2.24) is 30.2 Å².